The molecule has 0 saturated heterocycles. The van der Waals surface area contributed by atoms with E-state index in [4.69, 9.17) is 9.47 Å². The Bertz CT molecular complexity index is 601. The third-order valence-electron chi connectivity index (χ3n) is 3.89. The van der Waals surface area contributed by atoms with Crippen LogP contribution in [-0.2, 0) is 20.7 Å². The molecule has 1 aliphatic carbocycles. The molecule has 2 atom stereocenters. The number of aromatic nitrogens is 1. The molecule has 1 N–H and O–H groups in total. The van der Waals surface area contributed by atoms with Crippen molar-refractivity contribution in [2.75, 3.05) is 13.7 Å². The first-order valence-corrected chi connectivity index (χ1v) is 6.92. The Balaban J connectivity index is 2.45. The number of ketones is 1. The van der Waals surface area contributed by atoms with E-state index < -0.39 is 17.9 Å². The number of nitrogens with one attached hydrogen (secondary N) is 1. The molecular weight excluding hydrogens is 274 g/mol. The molecule has 114 valence electrons. The third kappa shape index (κ3) is 2.46. The summed E-state index contributed by atoms with van der Waals surface area (Å²) in [6.45, 7) is 5.49. The number of aromatic amines is 1. The summed E-state index contributed by atoms with van der Waals surface area (Å²) in [5.74, 6) is -2.30. The van der Waals surface area contributed by atoms with E-state index in [0.29, 0.717) is 23.2 Å². The standard InChI is InChI=1S/C15H19NO5/c1-5-21-15(19)12-8(3)11-9(16-12)6-7(2)10(13(11)17)14(18)20-4/h7,10,16H,5-6H2,1-4H3. The lowest BCUT2D eigenvalue weighted by atomic mass is 9.77. The highest BCUT2D eigenvalue weighted by Gasteiger charge is 2.41. The van der Waals surface area contributed by atoms with Crippen molar-refractivity contribution in [2.45, 2.75) is 27.2 Å². The average Bonchev–Trinajstić information content (AvgIpc) is 2.75. The summed E-state index contributed by atoms with van der Waals surface area (Å²) < 4.78 is 9.69. The van der Waals surface area contributed by atoms with Crippen LogP contribution in [0.15, 0.2) is 0 Å². The zero-order chi connectivity index (χ0) is 15.7. The molecule has 0 fully saturated rings. The van der Waals surface area contributed by atoms with Gasteiger partial charge in [0.1, 0.15) is 11.6 Å². The van der Waals surface area contributed by atoms with E-state index in [1.165, 1.54) is 7.11 Å². The summed E-state index contributed by atoms with van der Waals surface area (Å²) in [4.78, 5) is 39.2. The minimum absolute atomic E-state index is 0.175. The highest BCUT2D eigenvalue weighted by atomic mass is 16.5. The fourth-order valence-corrected chi connectivity index (χ4v) is 2.87. The predicted molar refractivity (Wildman–Crippen MR) is 74.2 cm³/mol. The Hall–Kier alpha value is -2.11. The molecule has 1 aromatic rings. The third-order valence-corrected chi connectivity index (χ3v) is 3.89. The van der Waals surface area contributed by atoms with Crippen molar-refractivity contribution in [2.24, 2.45) is 11.8 Å². The van der Waals surface area contributed by atoms with Gasteiger partial charge in [-0.15, -0.1) is 0 Å². The smallest absolute Gasteiger partial charge is 0.355 e. The monoisotopic (exact) mass is 293 g/mol. The average molecular weight is 293 g/mol. The fourth-order valence-electron chi connectivity index (χ4n) is 2.87. The number of carbonyl (C=O) groups excluding carboxylic acids is 3. The Kier molecular flexibility index (Phi) is 4.16. The number of carbonyl (C=O) groups is 3. The van der Waals surface area contributed by atoms with Crippen molar-refractivity contribution in [3.8, 4) is 0 Å². The first kappa shape index (κ1) is 15.3. The molecule has 1 aliphatic rings. The number of hydrogen-bond acceptors (Lipinski definition) is 5. The van der Waals surface area contributed by atoms with Crippen LogP contribution in [0.25, 0.3) is 0 Å². The van der Waals surface area contributed by atoms with Crippen molar-refractivity contribution in [3.05, 3.63) is 22.5 Å². The van der Waals surface area contributed by atoms with Crippen LogP contribution >= 0.6 is 0 Å². The molecule has 6 nitrogen and oxygen atoms in total. The second-order valence-corrected chi connectivity index (χ2v) is 5.25. The van der Waals surface area contributed by atoms with E-state index in [2.05, 4.69) is 4.98 Å². The molecule has 1 heterocycles. The summed E-state index contributed by atoms with van der Waals surface area (Å²) in [6.07, 6.45) is 0.515. The number of ether oxygens (including phenoxy) is 2. The molecule has 0 radical (unpaired) electrons. The Morgan fingerprint density at radius 2 is 2.05 bits per heavy atom. The molecule has 2 rings (SSSR count). The summed E-state index contributed by atoms with van der Waals surface area (Å²) >= 11 is 0. The highest BCUT2D eigenvalue weighted by Crippen LogP contribution is 2.34. The van der Waals surface area contributed by atoms with Gasteiger partial charge in [0.05, 0.1) is 13.7 Å². The van der Waals surface area contributed by atoms with Gasteiger partial charge in [-0.1, -0.05) is 6.92 Å². The second-order valence-electron chi connectivity index (χ2n) is 5.25. The first-order chi connectivity index (χ1) is 9.92. The van der Waals surface area contributed by atoms with Crippen LogP contribution in [0.2, 0.25) is 0 Å². The number of esters is 2. The Morgan fingerprint density at radius 1 is 1.38 bits per heavy atom. The van der Waals surface area contributed by atoms with Crippen LogP contribution in [-0.4, -0.2) is 36.4 Å². The largest absolute Gasteiger partial charge is 0.468 e. The highest BCUT2D eigenvalue weighted by molar-refractivity contribution is 6.12. The number of methoxy groups -OCH3 is 1. The van der Waals surface area contributed by atoms with Crippen molar-refractivity contribution >= 4 is 17.7 Å². The van der Waals surface area contributed by atoms with Gasteiger partial charge >= 0.3 is 11.9 Å². The van der Waals surface area contributed by atoms with Crippen molar-refractivity contribution in [3.63, 3.8) is 0 Å². The van der Waals surface area contributed by atoms with Crippen LogP contribution in [0.5, 0.6) is 0 Å². The predicted octanol–water partition coefficient (Wildman–Crippen LogP) is 1.66. The Morgan fingerprint density at radius 3 is 2.62 bits per heavy atom. The van der Waals surface area contributed by atoms with E-state index in [9.17, 15) is 14.4 Å². The molecule has 0 spiro atoms. The van der Waals surface area contributed by atoms with E-state index in [1.54, 1.807) is 13.8 Å². The number of hydrogen-bond donors (Lipinski definition) is 1. The molecular formula is C15H19NO5. The maximum Gasteiger partial charge on any atom is 0.355 e. The maximum atomic E-state index is 12.6. The van der Waals surface area contributed by atoms with Gasteiger partial charge in [-0.3, -0.25) is 9.59 Å². The Labute approximate surface area is 122 Å². The van der Waals surface area contributed by atoms with Crippen LogP contribution in [0, 0.1) is 18.8 Å². The van der Waals surface area contributed by atoms with Gasteiger partial charge in [0.15, 0.2) is 5.78 Å². The summed E-state index contributed by atoms with van der Waals surface area (Å²) in [6, 6.07) is 0. The van der Waals surface area contributed by atoms with Gasteiger partial charge < -0.3 is 14.5 Å². The van der Waals surface area contributed by atoms with Gasteiger partial charge in [-0.25, -0.2) is 4.79 Å². The van der Waals surface area contributed by atoms with E-state index >= 15 is 0 Å². The minimum atomic E-state index is -0.813. The summed E-state index contributed by atoms with van der Waals surface area (Å²) in [5, 5.41) is 0. The van der Waals surface area contributed by atoms with Gasteiger partial charge in [0.25, 0.3) is 0 Å². The number of H-pyrrole nitrogens is 1. The normalized spacial score (nSPS) is 20.9. The molecule has 0 bridgehead atoms. The molecule has 0 aliphatic heterocycles. The molecule has 1 aromatic heterocycles. The van der Waals surface area contributed by atoms with Crippen molar-refractivity contribution in [1.82, 2.24) is 4.98 Å². The van der Waals surface area contributed by atoms with E-state index in [0.717, 1.165) is 0 Å². The van der Waals surface area contributed by atoms with Gasteiger partial charge in [-0.2, -0.15) is 0 Å². The quantitative estimate of drug-likeness (QED) is 0.676. The van der Waals surface area contributed by atoms with E-state index in [-0.39, 0.29) is 24.0 Å². The summed E-state index contributed by atoms with van der Waals surface area (Å²) in [5.41, 5.74) is 1.93. The van der Waals surface area contributed by atoms with Crippen LogP contribution in [0.3, 0.4) is 0 Å². The van der Waals surface area contributed by atoms with Crippen LogP contribution in [0.4, 0.5) is 0 Å². The second kappa shape index (κ2) is 5.71. The molecule has 0 amide bonds. The molecule has 0 aromatic carbocycles. The lowest BCUT2D eigenvalue weighted by Crippen LogP contribution is -2.36. The lowest BCUT2D eigenvalue weighted by molar-refractivity contribution is -0.145. The first-order valence-electron chi connectivity index (χ1n) is 6.92. The topological polar surface area (TPSA) is 85.5 Å². The number of rotatable bonds is 3. The van der Waals surface area contributed by atoms with Crippen molar-refractivity contribution in [1.29, 1.82) is 0 Å². The molecule has 2 unspecified atom stereocenters. The SMILES string of the molecule is CCOC(=O)c1[nH]c2c(c1C)C(=O)C(C(=O)OC)C(C)C2. The zero-order valence-electron chi connectivity index (χ0n) is 12.6. The van der Waals surface area contributed by atoms with Crippen LogP contribution < -0.4 is 0 Å². The fraction of sp³-hybridized carbons (Fsp3) is 0.533. The van der Waals surface area contributed by atoms with E-state index in [1.807, 2.05) is 6.92 Å². The van der Waals surface area contributed by atoms with Gasteiger partial charge in [0, 0.05) is 11.3 Å². The molecule has 21 heavy (non-hydrogen) atoms. The van der Waals surface area contributed by atoms with Crippen LogP contribution in [0.1, 0.15) is 46.0 Å². The number of Topliss-reactive ketones (excluding diaryl/α,β-unsaturated/α-hetero) is 1. The minimum Gasteiger partial charge on any atom is -0.468 e. The zero-order valence-corrected chi connectivity index (χ0v) is 12.6. The maximum absolute atomic E-state index is 12.6. The number of fused-ring (bicyclic) bond motifs is 1. The molecule has 0 saturated carbocycles. The van der Waals surface area contributed by atoms with Crippen molar-refractivity contribution < 1.29 is 23.9 Å². The summed E-state index contributed by atoms with van der Waals surface area (Å²) in [7, 11) is 1.27. The lowest BCUT2D eigenvalue weighted by Gasteiger charge is -2.25. The molecule has 6 heteroatoms. The van der Waals surface area contributed by atoms with Gasteiger partial charge in [-0.05, 0) is 31.7 Å². The van der Waals surface area contributed by atoms with Gasteiger partial charge in [0.2, 0.25) is 0 Å².